The zero-order valence-corrected chi connectivity index (χ0v) is 13.9. The van der Waals surface area contributed by atoms with E-state index in [0.717, 1.165) is 45.4 Å². The summed E-state index contributed by atoms with van der Waals surface area (Å²) in [6.45, 7) is 3.55. The molecule has 3 saturated heterocycles. The minimum Gasteiger partial charge on any atom is -0.341 e. The van der Waals surface area contributed by atoms with E-state index in [4.69, 9.17) is 0 Å². The van der Waals surface area contributed by atoms with Crippen molar-refractivity contribution in [1.29, 1.82) is 0 Å². The number of nitrogens with zero attached hydrogens (tertiary/aromatic N) is 2. The Morgan fingerprint density at radius 3 is 2.58 bits per heavy atom. The standard InChI is InChI=1S/C17H26N6O/c24-17(15-3-8-19-21-15)23-9-4-13(5-10-23)16-14(11-20-22-16)12-1-6-18-7-2-12/h1-2,6-7,13-16,19-22H,3-5,8-11H2. The summed E-state index contributed by atoms with van der Waals surface area (Å²) < 4.78 is 0. The van der Waals surface area contributed by atoms with Crippen LogP contribution in [0.2, 0.25) is 0 Å². The Bertz CT molecular complexity index is 553. The first-order chi connectivity index (χ1) is 11.8. The van der Waals surface area contributed by atoms with Crippen LogP contribution in [0.4, 0.5) is 0 Å². The summed E-state index contributed by atoms with van der Waals surface area (Å²) >= 11 is 0. The van der Waals surface area contributed by atoms with E-state index >= 15 is 0 Å². The van der Waals surface area contributed by atoms with Crippen molar-refractivity contribution in [2.45, 2.75) is 37.3 Å². The van der Waals surface area contributed by atoms with Gasteiger partial charge in [0.1, 0.15) is 6.04 Å². The highest BCUT2D eigenvalue weighted by Gasteiger charge is 2.37. The number of carbonyl (C=O) groups excluding carboxylic acids is 1. The summed E-state index contributed by atoms with van der Waals surface area (Å²) in [7, 11) is 0. The highest BCUT2D eigenvalue weighted by atomic mass is 16.2. The lowest BCUT2D eigenvalue weighted by Gasteiger charge is -2.37. The van der Waals surface area contributed by atoms with Crippen molar-refractivity contribution >= 4 is 5.91 Å². The third-order valence-electron chi connectivity index (χ3n) is 5.65. The van der Waals surface area contributed by atoms with E-state index in [-0.39, 0.29) is 11.9 Å². The number of piperidine rings is 1. The highest BCUT2D eigenvalue weighted by molar-refractivity contribution is 5.82. The maximum atomic E-state index is 12.5. The van der Waals surface area contributed by atoms with Gasteiger partial charge in [-0.2, -0.15) is 0 Å². The number of hydrogen-bond donors (Lipinski definition) is 4. The van der Waals surface area contributed by atoms with Gasteiger partial charge in [-0.1, -0.05) is 0 Å². The van der Waals surface area contributed by atoms with Crippen LogP contribution in [0.15, 0.2) is 24.5 Å². The van der Waals surface area contributed by atoms with Gasteiger partial charge in [0, 0.05) is 50.5 Å². The van der Waals surface area contributed by atoms with Crippen LogP contribution in [-0.2, 0) is 4.79 Å². The molecule has 130 valence electrons. The second kappa shape index (κ2) is 7.14. The summed E-state index contributed by atoms with van der Waals surface area (Å²) in [5, 5.41) is 0. The zero-order chi connectivity index (χ0) is 16.4. The maximum Gasteiger partial charge on any atom is 0.241 e. The van der Waals surface area contributed by atoms with E-state index < -0.39 is 0 Å². The van der Waals surface area contributed by atoms with Crippen LogP contribution in [0.25, 0.3) is 0 Å². The molecule has 3 fully saturated rings. The van der Waals surface area contributed by atoms with Crippen molar-refractivity contribution in [3.63, 3.8) is 0 Å². The smallest absolute Gasteiger partial charge is 0.241 e. The van der Waals surface area contributed by atoms with Gasteiger partial charge < -0.3 is 4.90 Å². The Morgan fingerprint density at radius 2 is 1.88 bits per heavy atom. The average molecular weight is 330 g/mol. The molecule has 1 amide bonds. The summed E-state index contributed by atoms with van der Waals surface area (Å²) in [4.78, 5) is 18.7. The summed E-state index contributed by atoms with van der Waals surface area (Å²) in [6, 6.07) is 4.61. The highest BCUT2D eigenvalue weighted by Crippen LogP contribution is 2.32. The number of hydrazine groups is 2. The molecule has 0 radical (unpaired) electrons. The lowest BCUT2D eigenvalue weighted by atomic mass is 9.80. The number of pyridine rings is 1. The van der Waals surface area contributed by atoms with E-state index in [1.165, 1.54) is 5.56 Å². The second-order valence-corrected chi connectivity index (χ2v) is 7.01. The number of rotatable bonds is 3. The number of aromatic nitrogens is 1. The first-order valence-electron chi connectivity index (χ1n) is 8.98. The summed E-state index contributed by atoms with van der Waals surface area (Å²) in [5.41, 5.74) is 14.3. The largest absolute Gasteiger partial charge is 0.341 e. The van der Waals surface area contributed by atoms with Gasteiger partial charge in [0.25, 0.3) is 0 Å². The Labute approximate surface area is 142 Å². The molecule has 0 aliphatic carbocycles. The monoisotopic (exact) mass is 330 g/mol. The molecule has 3 aliphatic heterocycles. The fourth-order valence-corrected chi connectivity index (χ4v) is 4.27. The minimum absolute atomic E-state index is 0.0441. The Hall–Kier alpha value is -1.54. The van der Waals surface area contributed by atoms with Gasteiger partial charge in [-0.3, -0.25) is 26.1 Å². The van der Waals surface area contributed by atoms with Crippen LogP contribution >= 0.6 is 0 Å². The van der Waals surface area contributed by atoms with E-state index in [1.807, 2.05) is 17.3 Å². The molecule has 0 aromatic carbocycles. The lowest BCUT2D eigenvalue weighted by Crippen LogP contribution is -2.50. The predicted octanol–water partition coefficient (Wildman–Crippen LogP) is -0.253. The number of amides is 1. The van der Waals surface area contributed by atoms with Gasteiger partial charge >= 0.3 is 0 Å². The molecule has 4 heterocycles. The molecule has 7 heteroatoms. The minimum atomic E-state index is -0.0441. The molecule has 0 saturated carbocycles. The number of carbonyl (C=O) groups is 1. The van der Waals surface area contributed by atoms with Crippen LogP contribution in [0.1, 0.15) is 30.7 Å². The van der Waals surface area contributed by atoms with Gasteiger partial charge in [-0.25, -0.2) is 5.43 Å². The van der Waals surface area contributed by atoms with Crippen LogP contribution in [0, 0.1) is 5.92 Å². The summed E-state index contributed by atoms with van der Waals surface area (Å²) in [5.74, 6) is 1.32. The third kappa shape index (κ3) is 3.17. The van der Waals surface area contributed by atoms with E-state index in [9.17, 15) is 4.79 Å². The SMILES string of the molecule is O=C(C1CCNN1)N1CCC(C2NNCC2c2ccncc2)CC1. The van der Waals surface area contributed by atoms with Crippen LogP contribution in [-0.4, -0.2) is 54.1 Å². The van der Waals surface area contributed by atoms with Crippen molar-refractivity contribution in [3.8, 4) is 0 Å². The van der Waals surface area contributed by atoms with Gasteiger partial charge in [0.15, 0.2) is 0 Å². The van der Waals surface area contributed by atoms with E-state index in [2.05, 4.69) is 38.8 Å². The molecule has 24 heavy (non-hydrogen) atoms. The molecule has 3 atom stereocenters. The van der Waals surface area contributed by atoms with Crippen molar-refractivity contribution in [1.82, 2.24) is 31.6 Å². The Balaban J connectivity index is 1.36. The first kappa shape index (κ1) is 16.0. The molecule has 4 N–H and O–H groups in total. The van der Waals surface area contributed by atoms with Crippen molar-refractivity contribution in [2.75, 3.05) is 26.2 Å². The molecule has 0 bridgehead atoms. The Kier molecular flexibility index (Phi) is 4.75. The average Bonchev–Trinajstić information content (AvgIpc) is 3.34. The number of nitrogens with one attached hydrogen (secondary N) is 4. The number of hydrogen-bond acceptors (Lipinski definition) is 6. The molecule has 3 unspecified atom stereocenters. The van der Waals surface area contributed by atoms with E-state index in [1.54, 1.807) is 0 Å². The third-order valence-corrected chi connectivity index (χ3v) is 5.65. The van der Waals surface area contributed by atoms with Gasteiger partial charge in [0.2, 0.25) is 5.91 Å². The van der Waals surface area contributed by atoms with Crippen LogP contribution in [0.3, 0.4) is 0 Å². The molecule has 7 nitrogen and oxygen atoms in total. The molecule has 3 aliphatic rings. The molecule has 0 spiro atoms. The summed E-state index contributed by atoms with van der Waals surface area (Å²) in [6.07, 6.45) is 6.75. The van der Waals surface area contributed by atoms with Gasteiger partial charge in [0.05, 0.1) is 0 Å². The van der Waals surface area contributed by atoms with Crippen molar-refractivity contribution in [2.24, 2.45) is 5.92 Å². The fraction of sp³-hybridized carbons (Fsp3) is 0.647. The Morgan fingerprint density at radius 1 is 1.08 bits per heavy atom. The fourth-order valence-electron chi connectivity index (χ4n) is 4.27. The van der Waals surface area contributed by atoms with Gasteiger partial charge in [-0.05, 0) is 42.9 Å². The molecule has 1 aromatic rings. The molecular formula is C17H26N6O. The predicted molar refractivity (Wildman–Crippen MR) is 90.8 cm³/mol. The second-order valence-electron chi connectivity index (χ2n) is 7.01. The maximum absolute atomic E-state index is 12.5. The normalized spacial score (nSPS) is 31.5. The quantitative estimate of drug-likeness (QED) is 0.612. The molecule has 4 rings (SSSR count). The topological polar surface area (TPSA) is 81.3 Å². The van der Waals surface area contributed by atoms with Gasteiger partial charge in [-0.15, -0.1) is 0 Å². The van der Waals surface area contributed by atoms with Crippen molar-refractivity contribution in [3.05, 3.63) is 30.1 Å². The van der Waals surface area contributed by atoms with E-state index in [0.29, 0.717) is 17.9 Å². The number of likely N-dealkylation sites (tertiary alicyclic amines) is 1. The molecule has 1 aromatic heterocycles. The first-order valence-corrected chi connectivity index (χ1v) is 8.98. The van der Waals surface area contributed by atoms with Crippen LogP contribution in [0.5, 0.6) is 0 Å². The van der Waals surface area contributed by atoms with Crippen molar-refractivity contribution < 1.29 is 4.79 Å². The van der Waals surface area contributed by atoms with Crippen LogP contribution < -0.4 is 21.7 Å². The zero-order valence-electron chi connectivity index (χ0n) is 13.9. The molecular weight excluding hydrogens is 304 g/mol. The lowest BCUT2D eigenvalue weighted by molar-refractivity contribution is -0.134.